The Morgan fingerprint density at radius 1 is 1.15 bits per heavy atom. The van der Waals surface area contributed by atoms with Gasteiger partial charge in [0.2, 0.25) is 0 Å². The topological polar surface area (TPSA) is 50.7 Å². The summed E-state index contributed by atoms with van der Waals surface area (Å²) in [6.07, 6.45) is 4.09. The van der Waals surface area contributed by atoms with E-state index >= 15 is 0 Å². The van der Waals surface area contributed by atoms with E-state index in [-0.39, 0.29) is 12.1 Å². The fourth-order valence-electron chi connectivity index (χ4n) is 2.60. The highest BCUT2D eigenvalue weighted by atomic mass is 16.5. The zero-order valence-corrected chi connectivity index (χ0v) is 12.2. The molecule has 1 aromatic carbocycles. The van der Waals surface area contributed by atoms with Crippen molar-refractivity contribution in [3.05, 3.63) is 24.3 Å². The van der Waals surface area contributed by atoms with Gasteiger partial charge < -0.3 is 19.9 Å². The Labute approximate surface area is 121 Å². The first kappa shape index (κ1) is 15.1. The summed E-state index contributed by atoms with van der Waals surface area (Å²) in [6, 6.07) is 7.93. The molecule has 1 saturated carbocycles. The lowest BCUT2D eigenvalue weighted by Crippen LogP contribution is -2.43. The molecule has 4 heteroatoms. The Bertz CT molecular complexity index is 397. The highest BCUT2D eigenvalue weighted by Gasteiger charge is 2.21. The smallest absolute Gasteiger partial charge is 0.161 e. The minimum absolute atomic E-state index is 0.209. The van der Waals surface area contributed by atoms with Crippen LogP contribution in [-0.2, 0) is 0 Å². The van der Waals surface area contributed by atoms with Crippen LogP contribution in [0.3, 0.4) is 0 Å². The molecule has 2 unspecified atom stereocenters. The lowest BCUT2D eigenvalue weighted by Gasteiger charge is -2.28. The summed E-state index contributed by atoms with van der Waals surface area (Å²) >= 11 is 0. The van der Waals surface area contributed by atoms with Crippen LogP contribution in [0.15, 0.2) is 24.3 Å². The van der Waals surface area contributed by atoms with Gasteiger partial charge in [0, 0.05) is 12.6 Å². The second-order valence-electron chi connectivity index (χ2n) is 5.14. The second-order valence-corrected chi connectivity index (χ2v) is 5.14. The van der Waals surface area contributed by atoms with Gasteiger partial charge in [-0.05, 0) is 31.9 Å². The van der Waals surface area contributed by atoms with Crippen LogP contribution in [0.25, 0.3) is 0 Å². The Hall–Kier alpha value is -1.26. The SMILES string of the molecule is CCOc1ccccc1OCCNC1CCCCC1O. The zero-order chi connectivity index (χ0) is 14.2. The van der Waals surface area contributed by atoms with Gasteiger partial charge in [-0.25, -0.2) is 0 Å². The molecule has 1 aliphatic rings. The van der Waals surface area contributed by atoms with Crippen LogP contribution < -0.4 is 14.8 Å². The number of hydrogen-bond donors (Lipinski definition) is 2. The maximum absolute atomic E-state index is 9.88. The average molecular weight is 279 g/mol. The first-order valence-corrected chi connectivity index (χ1v) is 7.57. The molecule has 0 aromatic heterocycles. The number of aliphatic hydroxyl groups excluding tert-OH is 1. The van der Waals surface area contributed by atoms with Crippen molar-refractivity contribution in [2.75, 3.05) is 19.8 Å². The minimum Gasteiger partial charge on any atom is -0.490 e. The normalized spacial score (nSPS) is 22.5. The van der Waals surface area contributed by atoms with Crippen molar-refractivity contribution < 1.29 is 14.6 Å². The Kier molecular flexibility index (Phi) is 6.15. The van der Waals surface area contributed by atoms with Crippen molar-refractivity contribution in [3.8, 4) is 11.5 Å². The van der Waals surface area contributed by atoms with E-state index in [1.807, 2.05) is 31.2 Å². The summed E-state index contributed by atoms with van der Waals surface area (Å²) in [5, 5.41) is 13.3. The predicted molar refractivity (Wildman–Crippen MR) is 79.4 cm³/mol. The molecule has 0 spiro atoms. The standard InChI is InChI=1S/C16H25NO3/c1-2-19-15-9-5-6-10-16(15)20-12-11-17-13-7-3-4-8-14(13)18/h5-6,9-10,13-14,17-18H,2-4,7-8,11-12H2,1H3. The van der Waals surface area contributed by atoms with Crippen LogP contribution in [0.5, 0.6) is 11.5 Å². The second kappa shape index (κ2) is 8.12. The van der Waals surface area contributed by atoms with Crippen LogP contribution in [0, 0.1) is 0 Å². The average Bonchev–Trinajstić information content (AvgIpc) is 2.47. The molecule has 4 nitrogen and oxygen atoms in total. The fourth-order valence-corrected chi connectivity index (χ4v) is 2.60. The lowest BCUT2D eigenvalue weighted by atomic mass is 9.93. The highest BCUT2D eigenvalue weighted by Crippen LogP contribution is 2.26. The molecule has 0 bridgehead atoms. The summed E-state index contributed by atoms with van der Waals surface area (Å²) in [4.78, 5) is 0. The molecular weight excluding hydrogens is 254 g/mol. The maximum atomic E-state index is 9.88. The molecule has 0 heterocycles. The van der Waals surface area contributed by atoms with Crippen LogP contribution in [0.1, 0.15) is 32.6 Å². The number of aliphatic hydroxyl groups is 1. The van der Waals surface area contributed by atoms with Gasteiger partial charge in [-0.3, -0.25) is 0 Å². The van der Waals surface area contributed by atoms with Crippen LogP contribution in [0.2, 0.25) is 0 Å². The number of benzene rings is 1. The molecule has 1 fully saturated rings. The lowest BCUT2D eigenvalue weighted by molar-refractivity contribution is 0.0889. The first-order valence-electron chi connectivity index (χ1n) is 7.57. The van der Waals surface area contributed by atoms with E-state index in [0.717, 1.165) is 37.3 Å². The molecule has 1 aromatic rings. The van der Waals surface area contributed by atoms with Crippen molar-refractivity contribution in [2.45, 2.75) is 44.8 Å². The van der Waals surface area contributed by atoms with E-state index in [9.17, 15) is 5.11 Å². The van der Waals surface area contributed by atoms with E-state index in [2.05, 4.69) is 5.32 Å². The quantitative estimate of drug-likeness (QED) is 0.752. The van der Waals surface area contributed by atoms with E-state index in [4.69, 9.17) is 9.47 Å². The molecule has 1 aliphatic carbocycles. The van der Waals surface area contributed by atoms with Gasteiger partial charge in [0.15, 0.2) is 11.5 Å². The van der Waals surface area contributed by atoms with Crippen molar-refractivity contribution in [2.24, 2.45) is 0 Å². The number of nitrogens with one attached hydrogen (secondary N) is 1. The highest BCUT2D eigenvalue weighted by molar-refractivity contribution is 5.39. The number of hydrogen-bond acceptors (Lipinski definition) is 4. The van der Waals surface area contributed by atoms with Crippen molar-refractivity contribution in [3.63, 3.8) is 0 Å². The molecule has 0 radical (unpaired) electrons. The van der Waals surface area contributed by atoms with Gasteiger partial charge in [0.05, 0.1) is 12.7 Å². The monoisotopic (exact) mass is 279 g/mol. The Morgan fingerprint density at radius 3 is 2.55 bits per heavy atom. The van der Waals surface area contributed by atoms with E-state index in [0.29, 0.717) is 13.2 Å². The maximum Gasteiger partial charge on any atom is 0.161 e. The zero-order valence-electron chi connectivity index (χ0n) is 12.2. The number of para-hydroxylation sites is 2. The Morgan fingerprint density at radius 2 is 1.85 bits per heavy atom. The van der Waals surface area contributed by atoms with Crippen molar-refractivity contribution in [1.29, 1.82) is 0 Å². The summed E-state index contributed by atoms with van der Waals surface area (Å²) in [7, 11) is 0. The molecule has 2 rings (SSSR count). The molecule has 20 heavy (non-hydrogen) atoms. The Balaban J connectivity index is 1.73. The van der Waals surface area contributed by atoms with Crippen LogP contribution in [-0.4, -0.2) is 37.0 Å². The van der Waals surface area contributed by atoms with Crippen LogP contribution >= 0.6 is 0 Å². The largest absolute Gasteiger partial charge is 0.490 e. The van der Waals surface area contributed by atoms with Gasteiger partial charge in [-0.2, -0.15) is 0 Å². The molecule has 0 saturated heterocycles. The third kappa shape index (κ3) is 4.39. The van der Waals surface area contributed by atoms with Crippen molar-refractivity contribution in [1.82, 2.24) is 5.32 Å². The fraction of sp³-hybridized carbons (Fsp3) is 0.625. The third-order valence-electron chi connectivity index (χ3n) is 3.64. The van der Waals surface area contributed by atoms with Gasteiger partial charge >= 0.3 is 0 Å². The summed E-state index contributed by atoms with van der Waals surface area (Å²) in [5.74, 6) is 1.56. The van der Waals surface area contributed by atoms with Crippen LogP contribution in [0.4, 0.5) is 0 Å². The number of rotatable bonds is 7. The van der Waals surface area contributed by atoms with Gasteiger partial charge in [0.25, 0.3) is 0 Å². The predicted octanol–water partition coefficient (Wildman–Crippen LogP) is 2.36. The van der Waals surface area contributed by atoms with E-state index in [1.165, 1.54) is 6.42 Å². The number of ether oxygens (including phenoxy) is 2. The summed E-state index contributed by atoms with van der Waals surface area (Å²) in [6.45, 7) is 3.91. The molecule has 0 aliphatic heterocycles. The minimum atomic E-state index is -0.209. The van der Waals surface area contributed by atoms with Crippen molar-refractivity contribution >= 4 is 0 Å². The third-order valence-corrected chi connectivity index (χ3v) is 3.64. The first-order chi connectivity index (χ1) is 9.81. The summed E-state index contributed by atoms with van der Waals surface area (Å²) in [5.41, 5.74) is 0. The molecular formula is C16H25NO3. The van der Waals surface area contributed by atoms with Gasteiger partial charge in [-0.1, -0.05) is 25.0 Å². The van der Waals surface area contributed by atoms with Gasteiger partial charge in [-0.15, -0.1) is 0 Å². The van der Waals surface area contributed by atoms with Gasteiger partial charge in [0.1, 0.15) is 6.61 Å². The van der Waals surface area contributed by atoms with E-state index < -0.39 is 0 Å². The molecule has 112 valence electrons. The molecule has 2 N–H and O–H groups in total. The molecule has 0 amide bonds. The van der Waals surface area contributed by atoms with E-state index in [1.54, 1.807) is 0 Å². The summed E-state index contributed by atoms with van der Waals surface area (Å²) < 4.78 is 11.3. The molecule has 2 atom stereocenters.